The molecule has 0 aromatic carbocycles. The lowest BCUT2D eigenvalue weighted by Crippen LogP contribution is -2.29. The number of aromatic nitrogens is 11. The highest BCUT2D eigenvalue weighted by Crippen LogP contribution is 2.37. The molecule has 0 saturated carbocycles. The molecule has 1 atom stereocenters. The fourth-order valence-electron chi connectivity index (χ4n) is 9.83. The van der Waals surface area contributed by atoms with Crippen molar-refractivity contribution in [3.8, 4) is 34.0 Å². The highest BCUT2D eigenvalue weighted by molar-refractivity contribution is 6.01. The number of allylic oxidation sites excluding steroid dienone is 5. The van der Waals surface area contributed by atoms with Gasteiger partial charge in [-0.3, -0.25) is 35.1 Å². The van der Waals surface area contributed by atoms with E-state index in [-0.39, 0.29) is 0 Å². The number of nitrogens with one attached hydrogen (secondary N) is 6. The van der Waals surface area contributed by atoms with Crippen molar-refractivity contribution in [1.82, 2.24) is 65.9 Å². The Hall–Kier alpha value is -7.91. The molecule has 11 heterocycles. The number of nitrogens with zero attached hydrogens (tertiary/aromatic N) is 9. The quantitative estimate of drug-likeness (QED) is 0.0538. The standard InChI is InChI=1S/C31H37N7.C26H28N8/c1-6-20(4)21(5)34-23(8-3)14-22(7-2)26-16-25-29(18-33-26)36-37-31(25)27-15-24-28(35-27)17-32-19-30(24)38-12-10-9-11-13-38;1-2-27-11-17-8-18(13-28-12-17)21-10-20-24(15-30-21)32-33-26(20)22-9-19-23(31-22)14-29-16-25(19)34-6-4-3-5-7-34/h7-8,14-20,34-35H,3,5-6,9-13H2,1-2,4H3,(H,36,37);8-10,12-16,27,31H,2-7,11H2,1H3,(H,32,33)/b22-7+,23-14+;. The summed E-state index contributed by atoms with van der Waals surface area (Å²) in [4.78, 5) is 34.9. The first-order valence-corrected chi connectivity index (χ1v) is 25.6. The second-order valence-corrected chi connectivity index (χ2v) is 18.9. The number of pyridine rings is 5. The van der Waals surface area contributed by atoms with Gasteiger partial charge < -0.3 is 30.4 Å². The van der Waals surface area contributed by atoms with Crippen LogP contribution in [0.15, 0.2) is 123 Å². The van der Waals surface area contributed by atoms with Crippen LogP contribution in [0, 0.1) is 5.92 Å². The number of hydrogen-bond acceptors (Lipinski definition) is 11. The van der Waals surface area contributed by atoms with Crippen molar-refractivity contribution in [2.75, 3.05) is 42.5 Å². The summed E-state index contributed by atoms with van der Waals surface area (Å²) in [5.74, 6) is 0.373. The SMILES string of the molecule is C=C/C(=C\C(=C/C)c1cc2c(-c3cc4c(N5CCCCC5)cncc4[nH]3)n[nH]c2cn1)NC(=C)C(C)CC.CCNCc1cncc(-c2cc3c(-c4cc5c(N6CCCCC6)cncc5[nH]4)n[nH]c3cn2)c1. The highest BCUT2D eigenvalue weighted by atomic mass is 15.2. The lowest BCUT2D eigenvalue weighted by Gasteiger charge is -2.28. The Bertz CT molecular complexity index is 3430. The molecule has 0 spiro atoms. The van der Waals surface area contributed by atoms with Gasteiger partial charge in [-0.15, -0.1) is 0 Å². The molecule has 9 aromatic rings. The van der Waals surface area contributed by atoms with Crippen molar-refractivity contribution in [1.29, 1.82) is 0 Å². The summed E-state index contributed by atoms with van der Waals surface area (Å²) in [6.45, 7) is 22.7. The van der Waals surface area contributed by atoms with Crippen LogP contribution in [0.5, 0.6) is 0 Å². The molecule has 2 aliphatic rings. The molecule has 9 aromatic heterocycles. The van der Waals surface area contributed by atoms with Crippen LogP contribution in [0.1, 0.15) is 83.9 Å². The van der Waals surface area contributed by atoms with Gasteiger partial charge in [0.1, 0.15) is 11.4 Å². The summed E-state index contributed by atoms with van der Waals surface area (Å²) in [7, 11) is 0. The van der Waals surface area contributed by atoms with Crippen molar-refractivity contribution in [2.24, 2.45) is 5.92 Å². The first-order valence-electron chi connectivity index (χ1n) is 25.6. The van der Waals surface area contributed by atoms with Gasteiger partial charge in [0.05, 0.1) is 93.4 Å². The molecule has 2 fully saturated rings. The third-order valence-corrected chi connectivity index (χ3v) is 14.2. The average molecular weight is 960 g/mol. The minimum Gasteiger partial charge on any atom is -0.370 e. The number of fused-ring (bicyclic) bond motifs is 4. The summed E-state index contributed by atoms with van der Waals surface area (Å²) < 4.78 is 0. The van der Waals surface area contributed by atoms with Crippen LogP contribution in [0.2, 0.25) is 0 Å². The maximum atomic E-state index is 4.73. The first kappa shape index (κ1) is 47.8. The Morgan fingerprint density at radius 1 is 0.681 bits per heavy atom. The van der Waals surface area contributed by atoms with Crippen LogP contribution >= 0.6 is 0 Å². The van der Waals surface area contributed by atoms with Gasteiger partial charge in [-0.1, -0.05) is 40.0 Å². The predicted molar refractivity (Wildman–Crippen MR) is 294 cm³/mol. The molecule has 0 aliphatic carbocycles. The molecule has 15 nitrogen and oxygen atoms in total. The van der Waals surface area contributed by atoms with Gasteiger partial charge in [0.25, 0.3) is 0 Å². The van der Waals surface area contributed by atoms with Gasteiger partial charge in [-0.25, -0.2) is 0 Å². The molecule has 1 unspecified atom stereocenters. The third-order valence-electron chi connectivity index (χ3n) is 14.2. The number of hydrogen-bond donors (Lipinski definition) is 6. The van der Waals surface area contributed by atoms with Gasteiger partial charge in [-0.2, -0.15) is 10.2 Å². The second kappa shape index (κ2) is 21.6. The van der Waals surface area contributed by atoms with E-state index in [1.807, 2.05) is 62.6 Å². The number of piperidine rings is 2. The highest BCUT2D eigenvalue weighted by Gasteiger charge is 2.21. The predicted octanol–water partition coefficient (Wildman–Crippen LogP) is 11.8. The van der Waals surface area contributed by atoms with Crippen molar-refractivity contribution >= 4 is 60.6 Å². The summed E-state index contributed by atoms with van der Waals surface area (Å²) >= 11 is 0. The zero-order valence-corrected chi connectivity index (χ0v) is 41.9. The molecule has 15 heteroatoms. The smallest absolute Gasteiger partial charge is 0.116 e. The molecular weight excluding hydrogens is 895 g/mol. The monoisotopic (exact) mass is 960 g/mol. The summed E-state index contributed by atoms with van der Waals surface area (Å²) in [6.07, 6.45) is 29.7. The zero-order chi connectivity index (χ0) is 49.6. The van der Waals surface area contributed by atoms with E-state index in [4.69, 9.17) is 4.98 Å². The fraction of sp³-hybridized carbons (Fsp3) is 0.316. The number of aromatic amines is 4. The van der Waals surface area contributed by atoms with Crippen LogP contribution in [0.25, 0.3) is 83.2 Å². The van der Waals surface area contributed by atoms with Crippen molar-refractivity contribution in [3.63, 3.8) is 0 Å². The van der Waals surface area contributed by atoms with E-state index >= 15 is 0 Å². The van der Waals surface area contributed by atoms with E-state index in [9.17, 15) is 0 Å². The largest absolute Gasteiger partial charge is 0.370 e. The minimum absolute atomic E-state index is 0.373. The first-order chi connectivity index (χ1) is 35.3. The van der Waals surface area contributed by atoms with Crippen LogP contribution in [0.3, 0.4) is 0 Å². The van der Waals surface area contributed by atoms with Gasteiger partial charge in [0.15, 0.2) is 0 Å². The molecule has 0 amide bonds. The van der Waals surface area contributed by atoms with Crippen LogP contribution in [-0.4, -0.2) is 88.0 Å². The third kappa shape index (κ3) is 10.0. The van der Waals surface area contributed by atoms with E-state index in [2.05, 4.69) is 147 Å². The summed E-state index contributed by atoms with van der Waals surface area (Å²) in [5, 5.41) is 26.8. The number of H-pyrrole nitrogens is 4. The fourth-order valence-corrected chi connectivity index (χ4v) is 9.83. The molecule has 0 bridgehead atoms. The Morgan fingerprint density at radius 3 is 1.83 bits per heavy atom. The molecular formula is C57H65N15. The van der Waals surface area contributed by atoms with Crippen LogP contribution in [0.4, 0.5) is 11.4 Å². The van der Waals surface area contributed by atoms with E-state index < -0.39 is 0 Å². The molecule has 2 saturated heterocycles. The Kier molecular flexibility index (Phi) is 14.3. The van der Waals surface area contributed by atoms with Gasteiger partial charge in [0.2, 0.25) is 0 Å². The summed E-state index contributed by atoms with van der Waals surface area (Å²) in [5.41, 5.74) is 16.7. The Balaban J connectivity index is 0.000000167. The maximum Gasteiger partial charge on any atom is 0.116 e. The molecule has 2 aliphatic heterocycles. The Labute approximate surface area is 420 Å². The number of anilines is 2. The lowest BCUT2D eigenvalue weighted by atomic mass is 10.0. The maximum absolute atomic E-state index is 4.73. The van der Waals surface area contributed by atoms with Gasteiger partial charge in [0, 0.05) is 83.6 Å². The molecule has 0 radical (unpaired) electrons. The zero-order valence-electron chi connectivity index (χ0n) is 41.9. The van der Waals surface area contributed by atoms with E-state index in [0.29, 0.717) is 5.92 Å². The van der Waals surface area contributed by atoms with E-state index in [0.717, 1.165) is 141 Å². The molecule has 11 rings (SSSR count). The van der Waals surface area contributed by atoms with E-state index in [1.165, 1.54) is 60.7 Å². The van der Waals surface area contributed by atoms with Crippen LogP contribution < -0.4 is 20.4 Å². The van der Waals surface area contributed by atoms with Gasteiger partial charge >= 0.3 is 0 Å². The van der Waals surface area contributed by atoms with Crippen molar-refractivity contribution in [2.45, 2.75) is 79.2 Å². The van der Waals surface area contributed by atoms with E-state index in [1.54, 1.807) is 0 Å². The molecule has 72 heavy (non-hydrogen) atoms. The molecule has 6 N–H and O–H groups in total. The second-order valence-electron chi connectivity index (χ2n) is 18.9. The molecule has 368 valence electrons. The normalized spacial score (nSPS) is 15.1. The number of rotatable bonds is 15. The lowest BCUT2D eigenvalue weighted by molar-refractivity contribution is 0.578. The van der Waals surface area contributed by atoms with Crippen molar-refractivity contribution < 1.29 is 0 Å². The van der Waals surface area contributed by atoms with Gasteiger partial charge in [-0.05, 0) is 118 Å². The topological polar surface area (TPSA) is 184 Å². The Morgan fingerprint density at radius 2 is 1.26 bits per heavy atom. The summed E-state index contributed by atoms with van der Waals surface area (Å²) in [6, 6.07) is 10.7. The minimum atomic E-state index is 0.373. The van der Waals surface area contributed by atoms with Crippen LogP contribution in [-0.2, 0) is 6.54 Å². The van der Waals surface area contributed by atoms with Crippen molar-refractivity contribution in [3.05, 3.63) is 134 Å². The average Bonchev–Trinajstić information content (AvgIpc) is 4.26.